The van der Waals surface area contributed by atoms with E-state index in [-0.39, 0.29) is 17.3 Å². The van der Waals surface area contributed by atoms with Gasteiger partial charge in [-0.05, 0) is 24.2 Å². The number of hydrogen-bond donors (Lipinski definition) is 3. The standard InChI is InChI=1S/C11H15ClN6O2S/c1-2-13-6-8-3-4-9(5-10(8)12)21(19,20)14-7-11-15-17-18-16-11/h3-5,13-14H,2,6-7H2,1H3,(H,15,16,17,18). The van der Waals surface area contributed by atoms with Crippen LogP contribution in [-0.2, 0) is 23.1 Å². The molecule has 0 aliphatic rings. The van der Waals surface area contributed by atoms with E-state index >= 15 is 0 Å². The number of rotatable bonds is 7. The summed E-state index contributed by atoms with van der Waals surface area (Å²) in [4.78, 5) is 0.0937. The third-order valence-electron chi connectivity index (χ3n) is 2.71. The number of hydrogen-bond acceptors (Lipinski definition) is 6. The normalized spacial score (nSPS) is 11.7. The lowest BCUT2D eigenvalue weighted by molar-refractivity contribution is 0.579. The molecule has 2 rings (SSSR count). The third-order valence-corrected chi connectivity index (χ3v) is 4.46. The first-order valence-corrected chi connectivity index (χ1v) is 8.10. The van der Waals surface area contributed by atoms with Gasteiger partial charge in [0.2, 0.25) is 10.0 Å². The number of H-pyrrole nitrogens is 1. The fourth-order valence-corrected chi connectivity index (χ4v) is 2.92. The van der Waals surface area contributed by atoms with Gasteiger partial charge in [0.1, 0.15) is 0 Å². The molecule has 0 bridgehead atoms. The number of aromatic amines is 1. The van der Waals surface area contributed by atoms with Crippen LogP contribution in [0.4, 0.5) is 0 Å². The van der Waals surface area contributed by atoms with Crippen LogP contribution in [-0.4, -0.2) is 35.6 Å². The lowest BCUT2D eigenvalue weighted by atomic mass is 10.2. The number of tetrazole rings is 1. The van der Waals surface area contributed by atoms with E-state index in [1.54, 1.807) is 6.07 Å². The van der Waals surface area contributed by atoms with Gasteiger partial charge in [0.15, 0.2) is 5.82 Å². The van der Waals surface area contributed by atoms with Crippen molar-refractivity contribution in [2.24, 2.45) is 0 Å². The van der Waals surface area contributed by atoms with Gasteiger partial charge in [-0.2, -0.15) is 5.21 Å². The summed E-state index contributed by atoms with van der Waals surface area (Å²) in [6.07, 6.45) is 0. The van der Waals surface area contributed by atoms with Crippen molar-refractivity contribution < 1.29 is 8.42 Å². The number of sulfonamides is 1. The molecule has 21 heavy (non-hydrogen) atoms. The molecule has 0 amide bonds. The summed E-state index contributed by atoms with van der Waals surface area (Å²) in [5, 5.41) is 16.5. The van der Waals surface area contributed by atoms with Crippen LogP contribution >= 0.6 is 11.6 Å². The van der Waals surface area contributed by atoms with E-state index in [4.69, 9.17) is 11.6 Å². The van der Waals surface area contributed by atoms with E-state index in [9.17, 15) is 8.42 Å². The van der Waals surface area contributed by atoms with Crippen molar-refractivity contribution in [3.8, 4) is 0 Å². The molecule has 8 nitrogen and oxygen atoms in total. The third kappa shape index (κ3) is 4.21. The first-order valence-electron chi connectivity index (χ1n) is 6.24. The lowest BCUT2D eigenvalue weighted by Crippen LogP contribution is -2.24. The maximum atomic E-state index is 12.1. The Morgan fingerprint density at radius 1 is 1.33 bits per heavy atom. The molecule has 10 heteroatoms. The summed E-state index contributed by atoms with van der Waals surface area (Å²) in [7, 11) is -3.67. The first-order chi connectivity index (χ1) is 10.0. The van der Waals surface area contributed by atoms with E-state index in [2.05, 4.69) is 30.7 Å². The fourth-order valence-electron chi connectivity index (χ4n) is 1.60. The molecule has 0 saturated heterocycles. The molecule has 0 saturated carbocycles. The zero-order valence-electron chi connectivity index (χ0n) is 11.3. The van der Waals surface area contributed by atoms with Crippen LogP contribution < -0.4 is 10.0 Å². The highest BCUT2D eigenvalue weighted by Gasteiger charge is 2.16. The number of nitrogens with one attached hydrogen (secondary N) is 3. The van der Waals surface area contributed by atoms with Gasteiger partial charge in [0, 0.05) is 11.6 Å². The summed E-state index contributed by atoms with van der Waals surface area (Å²) < 4.78 is 26.6. The second-order valence-corrected chi connectivity index (χ2v) is 6.36. The predicted octanol–water partition coefficient (Wildman–Crippen LogP) is 0.441. The van der Waals surface area contributed by atoms with Crippen LogP contribution in [0.2, 0.25) is 5.02 Å². The Balaban J connectivity index is 2.10. The van der Waals surface area contributed by atoms with Gasteiger partial charge in [0.05, 0.1) is 11.4 Å². The average molecular weight is 331 g/mol. The Labute approximate surface area is 127 Å². The summed E-state index contributed by atoms with van der Waals surface area (Å²) in [6.45, 7) is 3.33. The van der Waals surface area contributed by atoms with Gasteiger partial charge in [-0.3, -0.25) is 0 Å². The molecule has 3 N–H and O–H groups in total. The Morgan fingerprint density at radius 3 is 2.76 bits per heavy atom. The van der Waals surface area contributed by atoms with Crippen molar-refractivity contribution in [1.29, 1.82) is 0 Å². The van der Waals surface area contributed by atoms with Crippen LogP contribution in [0.25, 0.3) is 0 Å². The topological polar surface area (TPSA) is 113 Å². The highest BCUT2D eigenvalue weighted by molar-refractivity contribution is 7.89. The number of halogens is 1. The molecule has 0 unspecified atom stereocenters. The molecule has 0 spiro atoms. The molecule has 2 aromatic rings. The monoisotopic (exact) mass is 330 g/mol. The first kappa shape index (κ1) is 15.8. The van der Waals surface area contributed by atoms with Crippen molar-refractivity contribution in [1.82, 2.24) is 30.7 Å². The maximum Gasteiger partial charge on any atom is 0.241 e. The van der Waals surface area contributed by atoms with E-state index in [0.717, 1.165) is 12.1 Å². The maximum absolute atomic E-state index is 12.1. The zero-order valence-corrected chi connectivity index (χ0v) is 12.9. The van der Waals surface area contributed by atoms with Crippen molar-refractivity contribution in [3.05, 3.63) is 34.6 Å². The van der Waals surface area contributed by atoms with E-state index in [1.165, 1.54) is 12.1 Å². The molecule has 1 heterocycles. The van der Waals surface area contributed by atoms with Crippen molar-refractivity contribution in [2.75, 3.05) is 6.54 Å². The molecular weight excluding hydrogens is 316 g/mol. The Morgan fingerprint density at radius 2 is 2.14 bits per heavy atom. The highest BCUT2D eigenvalue weighted by Crippen LogP contribution is 2.20. The number of nitrogens with zero attached hydrogens (tertiary/aromatic N) is 3. The quantitative estimate of drug-likeness (QED) is 0.679. The summed E-state index contributed by atoms with van der Waals surface area (Å²) in [6, 6.07) is 4.62. The van der Waals surface area contributed by atoms with Gasteiger partial charge < -0.3 is 5.32 Å². The van der Waals surface area contributed by atoms with Crippen molar-refractivity contribution in [3.63, 3.8) is 0 Å². The van der Waals surface area contributed by atoms with E-state index in [1.807, 2.05) is 6.92 Å². The largest absolute Gasteiger partial charge is 0.313 e. The Bertz CT molecular complexity index is 689. The summed E-state index contributed by atoms with van der Waals surface area (Å²) in [5.74, 6) is 0.258. The van der Waals surface area contributed by atoms with Crippen LogP contribution in [0.5, 0.6) is 0 Å². The molecule has 0 fully saturated rings. The average Bonchev–Trinajstić information content (AvgIpc) is 2.97. The predicted molar refractivity (Wildman–Crippen MR) is 77.0 cm³/mol. The van der Waals surface area contributed by atoms with Gasteiger partial charge in [-0.15, -0.1) is 10.2 Å². The zero-order chi connectivity index (χ0) is 15.3. The smallest absolute Gasteiger partial charge is 0.241 e. The second-order valence-electron chi connectivity index (χ2n) is 4.19. The van der Waals surface area contributed by atoms with E-state index in [0.29, 0.717) is 11.6 Å². The number of benzene rings is 1. The minimum absolute atomic E-state index is 0.0460. The summed E-state index contributed by atoms with van der Waals surface area (Å²) >= 11 is 6.10. The van der Waals surface area contributed by atoms with Crippen molar-refractivity contribution in [2.45, 2.75) is 24.9 Å². The number of aromatic nitrogens is 4. The minimum Gasteiger partial charge on any atom is -0.313 e. The van der Waals surface area contributed by atoms with Gasteiger partial charge in [-0.1, -0.05) is 29.8 Å². The van der Waals surface area contributed by atoms with Crippen LogP contribution in [0.3, 0.4) is 0 Å². The lowest BCUT2D eigenvalue weighted by Gasteiger charge is -2.09. The van der Waals surface area contributed by atoms with Gasteiger partial charge in [-0.25, -0.2) is 13.1 Å². The molecule has 0 aliphatic heterocycles. The molecule has 1 aromatic carbocycles. The van der Waals surface area contributed by atoms with Crippen LogP contribution in [0, 0.1) is 0 Å². The SMILES string of the molecule is CCNCc1ccc(S(=O)(=O)NCc2nn[nH]n2)cc1Cl. The molecular formula is C11H15ClN6O2S. The molecule has 0 aliphatic carbocycles. The second kappa shape index (κ2) is 6.94. The fraction of sp³-hybridized carbons (Fsp3) is 0.364. The molecule has 114 valence electrons. The Kier molecular flexibility index (Phi) is 5.23. The van der Waals surface area contributed by atoms with Crippen molar-refractivity contribution >= 4 is 21.6 Å². The molecule has 1 aromatic heterocycles. The highest BCUT2D eigenvalue weighted by atomic mass is 35.5. The molecule has 0 radical (unpaired) electrons. The summed E-state index contributed by atoms with van der Waals surface area (Å²) in [5.41, 5.74) is 0.843. The minimum atomic E-state index is -3.67. The van der Waals surface area contributed by atoms with Gasteiger partial charge in [0.25, 0.3) is 0 Å². The Hall–Kier alpha value is -1.55. The van der Waals surface area contributed by atoms with Crippen LogP contribution in [0.15, 0.2) is 23.1 Å². The van der Waals surface area contributed by atoms with E-state index < -0.39 is 10.0 Å². The van der Waals surface area contributed by atoms with Gasteiger partial charge >= 0.3 is 0 Å². The molecule has 0 atom stereocenters. The van der Waals surface area contributed by atoms with Crippen LogP contribution in [0.1, 0.15) is 18.3 Å².